The van der Waals surface area contributed by atoms with E-state index in [0.717, 1.165) is 0 Å². The molecular formula is C9H11ClN2O. The number of rotatable bonds is 3. The topological polar surface area (TPSA) is 59.1 Å². The molecule has 1 heterocycles. The predicted molar refractivity (Wildman–Crippen MR) is 52.4 cm³/mol. The third-order valence-corrected chi connectivity index (χ3v) is 1.93. The maximum atomic E-state index is 9.34. The second kappa shape index (κ2) is 4.37. The van der Waals surface area contributed by atoms with Gasteiger partial charge in [-0.05, 0) is 12.1 Å². The van der Waals surface area contributed by atoms with Gasteiger partial charge in [-0.1, -0.05) is 17.7 Å². The summed E-state index contributed by atoms with van der Waals surface area (Å²) in [5, 5.41) is 9.90. The molecule has 4 heteroatoms. The molecule has 0 radical (unpaired) electrons. The van der Waals surface area contributed by atoms with Crippen LogP contribution in [0.15, 0.2) is 31.0 Å². The average molecular weight is 199 g/mol. The molecule has 1 rings (SSSR count). The summed E-state index contributed by atoms with van der Waals surface area (Å²) in [6, 6.07) is 2.70. The molecule has 0 aliphatic rings. The highest BCUT2D eigenvalue weighted by Crippen LogP contribution is 2.16. The zero-order valence-corrected chi connectivity index (χ0v) is 7.78. The predicted octanol–water partition coefficient (Wildman–Crippen LogP) is 1.28. The van der Waals surface area contributed by atoms with Crippen molar-refractivity contribution in [3.05, 3.63) is 41.7 Å². The molecule has 1 unspecified atom stereocenters. The number of hydrogen-bond donors (Lipinski definition) is 2. The largest absolute Gasteiger partial charge is 0.387 e. The monoisotopic (exact) mass is 198 g/mol. The Morgan fingerprint density at radius 1 is 1.69 bits per heavy atom. The van der Waals surface area contributed by atoms with Crippen LogP contribution in [0.1, 0.15) is 11.7 Å². The van der Waals surface area contributed by atoms with Crippen LogP contribution in [0.2, 0.25) is 5.02 Å². The van der Waals surface area contributed by atoms with Gasteiger partial charge in [0.15, 0.2) is 0 Å². The summed E-state index contributed by atoms with van der Waals surface area (Å²) in [5.74, 6) is 0. The average Bonchev–Trinajstić information content (AvgIpc) is 2.15. The molecule has 3 nitrogen and oxygen atoms in total. The summed E-state index contributed by atoms with van der Waals surface area (Å²) in [5.41, 5.74) is 6.23. The normalized spacial score (nSPS) is 15.0. The first-order chi connectivity index (χ1) is 6.15. The van der Waals surface area contributed by atoms with E-state index in [0.29, 0.717) is 10.7 Å². The van der Waals surface area contributed by atoms with Gasteiger partial charge in [0.25, 0.3) is 0 Å². The number of aromatic nitrogens is 1. The standard InChI is InChI=1S/C9H11ClN2O/c1-2-8(13)9(11)7-5-6(10)3-4-12-7/h2-5,8-9,13H,1,11H2/t8-,9?/m0/s1. The van der Waals surface area contributed by atoms with Crippen molar-refractivity contribution in [3.63, 3.8) is 0 Å². The first-order valence-electron chi connectivity index (χ1n) is 3.83. The number of aliphatic hydroxyl groups excluding tert-OH is 1. The Morgan fingerprint density at radius 2 is 2.38 bits per heavy atom. The molecule has 0 saturated heterocycles. The molecule has 0 amide bonds. The zero-order valence-electron chi connectivity index (χ0n) is 7.02. The maximum Gasteiger partial charge on any atom is 0.0926 e. The van der Waals surface area contributed by atoms with E-state index in [-0.39, 0.29) is 0 Å². The van der Waals surface area contributed by atoms with Crippen molar-refractivity contribution in [2.24, 2.45) is 5.73 Å². The molecule has 0 fully saturated rings. The van der Waals surface area contributed by atoms with Crippen molar-refractivity contribution in [2.45, 2.75) is 12.1 Å². The lowest BCUT2D eigenvalue weighted by Crippen LogP contribution is -2.24. The van der Waals surface area contributed by atoms with Crippen molar-refractivity contribution in [3.8, 4) is 0 Å². The third-order valence-electron chi connectivity index (χ3n) is 1.69. The van der Waals surface area contributed by atoms with Crippen molar-refractivity contribution in [2.75, 3.05) is 0 Å². The van der Waals surface area contributed by atoms with Gasteiger partial charge in [0.05, 0.1) is 17.8 Å². The summed E-state index contributed by atoms with van der Waals surface area (Å²) in [6.45, 7) is 3.44. The van der Waals surface area contributed by atoms with E-state index in [2.05, 4.69) is 11.6 Å². The molecule has 0 bridgehead atoms. The molecule has 70 valence electrons. The minimum Gasteiger partial charge on any atom is -0.387 e. The molecule has 1 aromatic rings. The van der Waals surface area contributed by atoms with Gasteiger partial charge in [-0.2, -0.15) is 0 Å². The van der Waals surface area contributed by atoms with Crippen molar-refractivity contribution >= 4 is 11.6 Å². The minimum atomic E-state index is -0.800. The molecule has 3 N–H and O–H groups in total. The van der Waals surface area contributed by atoms with E-state index in [9.17, 15) is 5.11 Å². The number of nitrogens with two attached hydrogens (primary N) is 1. The van der Waals surface area contributed by atoms with Crippen LogP contribution >= 0.6 is 11.6 Å². The fourth-order valence-electron chi connectivity index (χ4n) is 0.925. The van der Waals surface area contributed by atoms with E-state index in [1.165, 1.54) is 6.08 Å². The van der Waals surface area contributed by atoms with E-state index >= 15 is 0 Å². The molecule has 0 aliphatic carbocycles. The smallest absolute Gasteiger partial charge is 0.0926 e. The summed E-state index contributed by atoms with van der Waals surface area (Å²) in [4.78, 5) is 3.99. The van der Waals surface area contributed by atoms with E-state index in [1.807, 2.05) is 0 Å². The van der Waals surface area contributed by atoms with Gasteiger partial charge in [-0.15, -0.1) is 6.58 Å². The van der Waals surface area contributed by atoms with Crippen LogP contribution < -0.4 is 5.73 Å². The van der Waals surface area contributed by atoms with Crippen molar-refractivity contribution in [1.82, 2.24) is 4.98 Å². The molecular weight excluding hydrogens is 188 g/mol. The molecule has 0 aliphatic heterocycles. The van der Waals surface area contributed by atoms with Crippen LogP contribution in [-0.4, -0.2) is 16.2 Å². The van der Waals surface area contributed by atoms with Crippen LogP contribution in [0.4, 0.5) is 0 Å². The minimum absolute atomic E-state index is 0.553. The Hall–Kier alpha value is -0.900. The van der Waals surface area contributed by atoms with Crippen LogP contribution in [0.5, 0.6) is 0 Å². The molecule has 13 heavy (non-hydrogen) atoms. The van der Waals surface area contributed by atoms with Crippen LogP contribution in [0, 0.1) is 0 Å². The van der Waals surface area contributed by atoms with Crippen LogP contribution in [-0.2, 0) is 0 Å². The van der Waals surface area contributed by atoms with Gasteiger partial charge in [-0.25, -0.2) is 0 Å². The quantitative estimate of drug-likeness (QED) is 0.720. The molecule has 2 atom stereocenters. The third kappa shape index (κ3) is 2.52. The molecule has 1 aromatic heterocycles. The van der Waals surface area contributed by atoms with Gasteiger partial charge in [0.1, 0.15) is 0 Å². The van der Waals surface area contributed by atoms with Gasteiger partial charge in [0.2, 0.25) is 0 Å². The second-order valence-corrected chi connectivity index (χ2v) is 3.09. The first-order valence-corrected chi connectivity index (χ1v) is 4.20. The Kier molecular flexibility index (Phi) is 3.42. The molecule has 0 saturated carbocycles. The number of pyridine rings is 1. The van der Waals surface area contributed by atoms with Crippen LogP contribution in [0.25, 0.3) is 0 Å². The number of aliphatic hydroxyl groups is 1. The molecule has 0 aromatic carbocycles. The zero-order chi connectivity index (χ0) is 9.84. The highest BCUT2D eigenvalue weighted by molar-refractivity contribution is 6.30. The summed E-state index contributed by atoms with van der Waals surface area (Å²) in [7, 11) is 0. The Bertz CT molecular complexity index is 303. The fourth-order valence-corrected chi connectivity index (χ4v) is 1.09. The first kappa shape index (κ1) is 10.2. The van der Waals surface area contributed by atoms with E-state index in [1.54, 1.807) is 18.3 Å². The lowest BCUT2D eigenvalue weighted by molar-refractivity contribution is 0.190. The lowest BCUT2D eigenvalue weighted by Gasteiger charge is -2.14. The second-order valence-electron chi connectivity index (χ2n) is 2.65. The van der Waals surface area contributed by atoms with Gasteiger partial charge < -0.3 is 10.8 Å². The van der Waals surface area contributed by atoms with Crippen molar-refractivity contribution in [1.29, 1.82) is 0 Å². The Morgan fingerprint density at radius 3 is 2.92 bits per heavy atom. The van der Waals surface area contributed by atoms with E-state index in [4.69, 9.17) is 17.3 Å². The lowest BCUT2D eigenvalue weighted by atomic mass is 10.1. The summed E-state index contributed by atoms with van der Waals surface area (Å²) >= 11 is 5.73. The Labute approximate surface area is 81.9 Å². The maximum absolute atomic E-state index is 9.34. The number of nitrogens with zero attached hydrogens (tertiary/aromatic N) is 1. The summed E-state index contributed by atoms with van der Waals surface area (Å²) in [6.07, 6.45) is 2.12. The van der Waals surface area contributed by atoms with Gasteiger partial charge in [0, 0.05) is 11.2 Å². The fraction of sp³-hybridized carbons (Fsp3) is 0.222. The SMILES string of the molecule is C=C[C@H](O)C(N)c1cc(Cl)ccn1. The highest BCUT2D eigenvalue weighted by Gasteiger charge is 2.14. The van der Waals surface area contributed by atoms with E-state index < -0.39 is 12.1 Å². The Balaban J connectivity index is 2.88. The van der Waals surface area contributed by atoms with Crippen LogP contribution in [0.3, 0.4) is 0 Å². The number of hydrogen-bond acceptors (Lipinski definition) is 3. The highest BCUT2D eigenvalue weighted by atomic mass is 35.5. The molecule has 0 spiro atoms. The summed E-state index contributed by atoms with van der Waals surface area (Å²) < 4.78 is 0. The van der Waals surface area contributed by atoms with Gasteiger partial charge >= 0.3 is 0 Å². The van der Waals surface area contributed by atoms with Gasteiger partial charge in [-0.3, -0.25) is 4.98 Å². The van der Waals surface area contributed by atoms with Crippen molar-refractivity contribution < 1.29 is 5.11 Å². The number of halogens is 1.